The Morgan fingerprint density at radius 2 is 1.90 bits per heavy atom. The van der Waals surface area contributed by atoms with Crippen LogP contribution in [0.3, 0.4) is 0 Å². The lowest BCUT2D eigenvalue weighted by molar-refractivity contribution is -0.143. The molecular weight excluding hydrogens is 278 g/mol. The first kappa shape index (κ1) is 15.0. The lowest BCUT2D eigenvalue weighted by atomic mass is 9.98. The molecule has 110 valence electrons. The number of hydrogen-bond donors (Lipinski definition) is 2. The summed E-state index contributed by atoms with van der Waals surface area (Å²) in [6.07, 6.45) is 1.95. The Morgan fingerprint density at radius 3 is 2.20 bits per heavy atom. The summed E-state index contributed by atoms with van der Waals surface area (Å²) in [4.78, 5) is 11.5. The van der Waals surface area contributed by atoms with Gasteiger partial charge < -0.3 is 10.8 Å². The number of carboxylic acids is 1. The van der Waals surface area contributed by atoms with Gasteiger partial charge in [0, 0.05) is 18.7 Å². The van der Waals surface area contributed by atoms with E-state index < -0.39 is 32.4 Å². The minimum Gasteiger partial charge on any atom is -0.481 e. The van der Waals surface area contributed by atoms with E-state index in [1.165, 1.54) is 0 Å². The Balaban J connectivity index is 2.46. The maximum atomic E-state index is 11.9. The van der Waals surface area contributed by atoms with Crippen LogP contribution in [-0.4, -0.2) is 37.5 Å². The SMILES string of the molecule is CCc1ccc([C@H]2[C@@H](S(C)(=O)=O)[C@@]2(CN)C(=O)O)cc1. The monoisotopic (exact) mass is 297 g/mol. The largest absolute Gasteiger partial charge is 0.481 e. The van der Waals surface area contributed by atoms with E-state index in [0.29, 0.717) is 0 Å². The molecule has 0 amide bonds. The molecule has 3 atom stereocenters. The third-order valence-corrected chi connectivity index (χ3v) is 5.82. The summed E-state index contributed by atoms with van der Waals surface area (Å²) >= 11 is 0. The molecule has 0 spiro atoms. The van der Waals surface area contributed by atoms with Crippen molar-refractivity contribution in [1.29, 1.82) is 0 Å². The maximum absolute atomic E-state index is 11.9. The van der Waals surface area contributed by atoms with E-state index in [0.717, 1.165) is 23.8 Å². The molecule has 0 aliphatic heterocycles. The molecule has 2 rings (SSSR count). The lowest BCUT2D eigenvalue weighted by Gasteiger charge is -2.09. The smallest absolute Gasteiger partial charge is 0.312 e. The van der Waals surface area contributed by atoms with Gasteiger partial charge in [-0.05, 0) is 17.5 Å². The average molecular weight is 297 g/mol. The maximum Gasteiger partial charge on any atom is 0.312 e. The van der Waals surface area contributed by atoms with Crippen LogP contribution in [0.1, 0.15) is 24.0 Å². The zero-order chi connectivity index (χ0) is 15.1. The van der Waals surface area contributed by atoms with Crippen molar-refractivity contribution in [2.45, 2.75) is 24.5 Å². The van der Waals surface area contributed by atoms with Crippen molar-refractivity contribution in [3.8, 4) is 0 Å². The summed E-state index contributed by atoms with van der Waals surface area (Å²) in [6.45, 7) is 1.84. The van der Waals surface area contributed by atoms with Crippen LogP contribution in [0.4, 0.5) is 0 Å². The molecule has 0 heterocycles. The van der Waals surface area contributed by atoms with Crippen LogP contribution in [0.15, 0.2) is 24.3 Å². The number of aryl methyl sites for hydroxylation is 1. The summed E-state index contributed by atoms with van der Waals surface area (Å²) in [6, 6.07) is 7.41. The fraction of sp³-hybridized carbons (Fsp3) is 0.500. The molecule has 1 aliphatic rings. The Labute approximate surface area is 118 Å². The zero-order valence-corrected chi connectivity index (χ0v) is 12.4. The molecule has 1 aromatic rings. The number of carboxylic acid groups (broad SMARTS) is 1. The summed E-state index contributed by atoms with van der Waals surface area (Å²) < 4.78 is 23.7. The van der Waals surface area contributed by atoms with E-state index in [1.807, 2.05) is 31.2 Å². The highest BCUT2D eigenvalue weighted by Gasteiger charge is 2.74. The Hall–Kier alpha value is -1.40. The Kier molecular flexibility index (Phi) is 3.64. The van der Waals surface area contributed by atoms with Gasteiger partial charge in [-0.1, -0.05) is 31.2 Å². The van der Waals surface area contributed by atoms with Crippen LogP contribution in [0, 0.1) is 5.41 Å². The highest BCUT2D eigenvalue weighted by molar-refractivity contribution is 7.91. The summed E-state index contributed by atoms with van der Waals surface area (Å²) in [5, 5.41) is 8.49. The fourth-order valence-corrected chi connectivity index (χ4v) is 4.98. The molecule has 1 aliphatic carbocycles. The number of hydrogen-bond acceptors (Lipinski definition) is 4. The molecule has 0 unspecified atom stereocenters. The molecule has 20 heavy (non-hydrogen) atoms. The predicted octanol–water partition coefficient (Wildman–Crippen LogP) is 0.789. The summed E-state index contributed by atoms with van der Waals surface area (Å²) in [7, 11) is -3.47. The summed E-state index contributed by atoms with van der Waals surface area (Å²) in [5.74, 6) is -1.70. The summed E-state index contributed by atoms with van der Waals surface area (Å²) in [5.41, 5.74) is 6.06. The first-order chi connectivity index (χ1) is 9.29. The Morgan fingerprint density at radius 1 is 1.35 bits per heavy atom. The first-order valence-electron chi connectivity index (χ1n) is 6.50. The molecule has 0 radical (unpaired) electrons. The van der Waals surface area contributed by atoms with Crippen molar-refractivity contribution in [2.75, 3.05) is 12.8 Å². The molecule has 1 saturated carbocycles. The van der Waals surface area contributed by atoms with Gasteiger partial charge in [-0.3, -0.25) is 4.79 Å². The van der Waals surface area contributed by atoms with E-state index in [4.69, 9.17) is 5.73 Å². The lowest BCUT2D eigenvalue weighted by Crippen LogP contribution is -2.31. The number of benzene rings is 1. The number of aliphatic carboxylic acids is 1. The van der Waals surface area contributed by atoms with Gasteiger partial charge in [0.25, 0.3) is 0 Å². The normalized spacial score (nSPS) is 29.1. The second-order valence-electron chi connectivity index (χ2n) is 5.37. The topological polar surface area (TPSA) is 97.5 Å². The van der Waals surface area contributed by atoms with E-state index >= 15 is 0 Å². The molecule has 6 heteroatoms. The predicted molar refractivity (Wildman–Crippen MR) is 76.3 cm³/mol. The van der Waals surface area contributed by atoms with Gasteiger partial charge in [0.1, 0.15) is 5.41 Å². The highest BCUT2D eigenvalue weighted by Crippen LogP contribution is 2.62. The van der Waals surface area contributed by atoms with Gasteiger partial charge in [0.05, 0.1) is 5.25 Å². The molecule has 3 N–H and O–H groups in total. The molecule has 0 aromatic heterocycles. The molecule has 0 bridgehead atoms. The number of nitrogens with two attached hydrogens (primary N) is 1. The van der Waals surface area contributed by atoms with E-state index in [9.17, 15) is 18.3 Å². The molecule has 5 nitrogen and oxygen atoms in total. The van der Waals surface area contributed by atoms with Crippen molar-refractivity contribution in [3.05, 3.63) is 35.4 Å². The van der Waals surface area contributed by atoms with Crippen LogP contribution < -0.4 is 5.73 Å². The number of carbonyl (C=O) groups is 1. The zero-order valence-electron chi connectivity index (χ0n) is 11.5. The van der Waals surface area contributed by atoms with E-state index in [2.05, 4.69) is 0 Å². The molecule has 1 aromatic carbocycles. The van der Waals surface area contributed by atoms with Crippen molar-refractivity contribution in [2.24, 2.45) is 11.1 Å². The third kappa shape index (κ3) is 2.13. The van der Waals surface area contributed by atoms with Crippen LogP contribution in [0.25, 0.3) is 0 Å². The van der Waals surface area contributed by atoms with Crippen molar-refractivity contribution in [3.63, 3.8) is 0 Å². The van der Waals surface area contributed by atoms with Gasteiger partial charge in [0.15, 0.2) is 9.84 Å². The molecule has 0 saturated heterocycles. The van der Waals surface area contributed by atoms with Crippen LogP contribution in [0.2, 0.25) is 0 Å². The quantitative estimate of drug-likeness (QED) is 0.837. The standard InChI is InChI=1S/C14H19NO4S/c1-3-9-4-6-10(7-5-9)11-12(20(2,18)19)14(11,8-15)13(16)17/h4-7,11-12H,3,8,15H2,1-2H3,(H,16,17)/t11-,12+,14-/m0/s1. The number of rotatable bonds is 5. The second kappa shape index (κ2) is 4.86. The van der Waals surface area contributed by atoms with Gasteiger partial charge in [-0.2, -0.15) is 0 Å². The van der Waals surface area contributed by atoms with Crippen LogP contribution in [-0.2, 0) is 21.1 Å². The van der Waals surface area contributed by atoms with E-state index in [1.54, 1.807) is 0 Å². The number of sulfone groups is 1. The third-order valence-electron chi connectivity index (χ3n) is 4.20. The van der Waals surface area contributed by atoms with Crippen molar-refractivity contribution in [1.82, 2.24) is 0 Å². The van der Waals surface area contributed by atoms with E-state index in [-0.39, 0.29) is 6.54 Å². The van der Waals surface area contributed by atoms with Gasteiger partial charge in [-0.25, -0.2) is 8.42 Å². The fourth-order valence-electron chi connectivity index (χ4n) is 3.05. The van der Waals surface area contributed by atoms with Crippen LogP contribution in [0.5, 0.6) is 0 Å². The second-order valence-corrected chi connectivity index (χ2v) is 7.54. The van der Waals surface area contributed by atoms with Crippen molar-refractivity contribution < 1.29 is 18.3 Å². The Bertz CT molecular complexity index is 623. The first-order valence-corrected chi connectivity index (χ1v) is 8.45. The van der Waals surface area contributed by atoms with Gasteiger partial charge in [0.2, 0.25) is 0 Å². The van der Waals surface area contributed by atoms with Crippen molar-refractivity contribution >= 4 is 15.8 Å². The highest BCUT2D eigenvalue weighted by atomic mass is 32.2. The average Bonchev–Trinajstić information content (AvgIpc) is 3.09. The molecular formula is C14H19NO4S. The van der Waals surface area contributed by atoms with Gasteiger partial charge in [-0.15, -0.1) is 0 Å². The minimum atomic E-state index is -3.47. The van der Waals surface area contributed by atoms with Crippen LogP contribution >= 0.6 is 0 Å². The minimum absolute atomic E-state index is 0.180. The van der Waals surface area contributed by atoms with Gasteiger partial charge >= 0.3 is 5.97 Å². The molecule has 1 fully saturated rings.